The van der Waals surface area contributed by atoms with Gasteiger partial charge in [-0.25, -0.2) is 4.79 Å². The summed E-state index contributed by atoms with van der Waals surface area (Å²) in [5.74, 6) is 1.38. The van der Waals surface area contributed by atoms with E-state index in [1.54, 1.807) is 24.3 Å². The molecule has 2 rings (SSSR count). The van der Waals surface area contributed by atoms with Crippen molar-refractivity contribution in [2.75, 3.05) is 11.9 Å². The van der Waals surface area contributed by atoms with Crippen molar-refractivity contribution in [1.82, 2.24) is 0 Å². The SMILES string of the molecule is C#Cc1ccc(NC(=O)COC(=O)c2ccc(C#N)cc2)cc1. The molecule has 5 heteroatoms. The Morgan fingerprint density at radius 1 is 1.04 bits per heavy atom. The minimum Gasteiger partial charge on any atom is -0.452 e. The lowest BCUT2D eigenvalue weighted by Crippen LogP contribution is -2.20. The molecule has 0 fully saturated rings. The number of nitrogens with one attached hydrogen (secondary N) is 1. The molecule has 5 nitrogen and oxygen atoms in total. The summed E-state index contributed by atoms with van der Waals surface area (Å²) >= 11 is 0. The molecule has 0 radical (unpaired) electrons. The number of carbonyl (C=O) groups excluding carboxylic acids is 2. The van der Waals surface area contributed by atoms with E-state index in [1.165, 1.54) is 24.3 Å². The molecule has 0 aliphatic carbocycles. The summed E-state index contributed by atoms with van der Waals surface area (Å²) in [5, 5.41) is 11.3. The van der Waals surface area contributed by atoms with Crippen molar-refractivity contribution in [3.05, 3.63) is 65.2 Å². The summed E-state index contributed by atoms with van der Waals surface area (Å²) in [5.41, 5.74) is 1.98. The van der Waals surface area contributed by atoms with Gasteiger partial charge in [0.05, 0.1) is 17.2 Å². The van der Waals surface area contributed by atoms with Crippen LogP contribution in [0.15, 0.2) is 48.5 Å². The molecule has 112 valence electrons. The second kappa shape index (κ2) is 7.44. The van der Waals surface area contributed by atoms with E-state index in [9.17, 15) is 9.59 Å². The number of amides is 1. The zero-order chi connectivity index (χ0) is 16.7. The molecule has 0 unspecified atom stereocenters. The summed E-state index contributed by atoms with van der Waals surface area (Å²) in [7, 11) is 0. The molecule has 2 aromatic rings. The number of anilines is 1. The lowest BCUT2D eigenvalue weighted by molar-refractivity contribution is -0.119. The minimum atomic E-state index is -0.632. The van der Waals surface area contributed by atoms with Gasteiger partial charge in [-0.15, -0.1) is 6.42 Å². The number of ether oxygens (including phenoxy) is 1. The topological polar surface area (TPSA) is 79.2 Å². The van der Waals surface area contributed by atoms with Crippen molar-refractivity contribution in [2.45, 2.75) is 0 Å². The lowest BCUT2D eigenvalue weighted by Gasteiger charge is -2.07. The number of hydrogen-bond donors (Lipinski definition) is 1. The molecule has 1 amide bonds. The predicted octanol–water partition coefficient (Wildman–Crippen LogP) is 2.34. The van der Waals surface area contributed by atoms with E-state index in [1.807, 2.05) is 6.07 Å². The van der Waals surface area contributed by atoms with Crippen molar-refractivity contribution in [1.29, 1.82) is 5.26 Å². The van der Waals surface area contributed by atoms with Crippen LogP contribution in [-0.4, -0.2) is 18.5 Å². The van der Waals surface area contributed by atoms with Crippen LogP contribution in [0.1, 0.15) is 21.5 Å². The molecular weight excluding hydrogens is 292 g/mol. The molecule has 2 aromatic carbocycles. The van der Waals surface area contributed by atoms with Crippen molar-refractivity contribution in [3.8, 4) is 18.4 Å². The maximum absolute atomic E-state index is 11.8. The van der Waals surface area contributed by atoms with Gasteiger partial charge >= 0.3 is 5.97 Å². The van der Waals surface area contributed by atoms with E-state index in [0.29, 0.717) is 16.8 Å². The molecular formula is C18H12N2O3. The molecule has 0 aliphatic heterocycles. The van der Waals surface area contributed by atoms with Gasteiger partial charge in [0, 0.05) is 11.3 Å². The monoisotopic (exact) mass is 304 g/mol. The Morgan fingerprint density at radius 3 is 2.22 bits per heavy atom. The van der Waals surface area contributed by atoms with Crippen LogP contribution in [0.2, 0.25) is 0 Å². The predicted molar refractivity (Wildman–Crippen MR) is 84.4 cm³/mol. The number of nitriles is 1. The molecule has 0 heterocycles. The van der Waals surface area contributed by atoms with Crippen molar-refractivity contribution >= 4 is 17.6 Å². The van der Waals surface area contributed by atoms with Crippen LogP contribution in [0.4, 0.5) is 5.69 Å². The highest BCUT2D eigenvalue weighted by atomic mass is 16.5. The highest BCUT2D eigenvalue weighted by Crippen LogP contribution is 2.09. The van der Waals surface area contributed by atoms with Gasteiger partial charge in [-0.1, -0.05) is 5.92 Å². The van der Waals surface area contributed by atoms with Crippen LogP contribution in [0.3, 0.4) is 0 Å². The Labute approximate surface area is 133 Å². The second-order valence-electron chi connectivity index (χ2n) is 4.54. The highest BCUT2D eigenvalue weighted by Gasteiger charge is 2.10. The van der Waals surface area contributed by atoms with E-state index in [4.69, 9.17) is 16.4 Å². The first-order valence-electron chi connectivity index (χ1n) is 6.66. The summed E-state index contributed by atoms with van der Waals surface area (Å²) in [6.45, 7) is -0.407. The summed E-state index contributed by atoms with van der Waals surface area (Å²) in [4.78, 5) is 23.5. The van der Waals surface area contributed by atoms with Gasteiger partial charge in [-0.2, -0.15) is 5.26 Å². The quantitative estimate of drug-likeness (QED) is 0.694. The average molecular weight is 304 g/mol. The second-order valence-corrected chi connectivity index (χ2v) is 4.54. The molecule has 1 N–H and O–H groups in total. The number of terminal acetylenes is 1. The van der Waals surface area contributed by atoms with E-state index in [-0.39, 0.29) is 5.56 Å². The fraction of sp³-hybridized carbons (Fsp3) is 0.0556. The zero-order valence-corrected chi connectivity index (χ0v) is 12.1. The van der Waals surface area contributed by atoms with Crippen LogP contribution in [0.5, 0.6) is 0 Å². The molecule has 0 aliphatic rings. The molecule has 0 bridgehead atoms. The van der Waals surface area contributed by atoms with Crippen LogP contribution in [-0.2, 0) is 9.53 Å². The lowest BCUT2D eigenvalue weighted by atomic mass is 10.1. The van der Waals surface area contributed by atoms with E-state index < -0.39 is 18.5 Å². The van der Waals surface area contributed by atoms with E-state index >= 15 is 0 Å². The Bertz CT molecular complexity index is 794. The fourth-order valence-electron chi connectivity index (χ4n) is 1.74. The molecule has 0 saturated carbocycles. The van der Waals surface area contributed by atoms with E-state index in [0.717, 1.165) is 0 Å². The maximum atomic E-state index is 11.8. The van der Waals surface area contributed by atoms with Crippen LogP contribution < -0.4 is 5.32 Å². The minimum absolute atomic E-state index is 0.273. The summed E-state index contributed by atoms with van der Waals surface area (Å²) in [6.07, 6.45) is 5.24. The van der Waals surface area contributed by atoms with Crippen molar-refractivity contribution in [2.24, 2.45) is 0 Å². The Balaban J connectivity index is 1.86. The Morgan fingerprint density at radius 2 is 1.65 bits per heavy atom. The number of nitrogens with zero attached hydrogens (tertiary/aromatic N) is 1. The third-order valence-corrected chi connectivity index (χ3v) is 2.92. The normalized spacial score (nSPS) is 9.30. The van der Waals surface area contributed by atoms with Gasteiger partial charge in [0.25, 0.3) is 5.91 Å². The summed E-state index contributed by atoms with van der Waals surface area (Å²) in [6, 6.07) is 14.6. The number of rotatable bonds is 4. The molecule has 0 atom stereocenters. The molecule has 23 heavy (non-hydrogen) atoms. The Kier molecular flexibility index (Phi) is 5.12. The highest BCUT2D eigenvalue weighted by molar-refractivity contribution is 5.95. The number of benzene rings is 2. The standard InChI is InChI=1S/C18H12N2O3/c1-2-13-5-9-16(10-6-13)20-17(21)12-23-18(22)15-7-3-14(11-19)4-8-15/h1,3-10H,12H2,(H,20,21). The first-order valence-corrected chi connectivity index (χ1v) is 6.66. The smallest absolute Gasteiger partial charge is 0.338 e. The van der Waals surface area contributed by atoms with Gasteiger partial charge in [-0.3, -0.25) is 4.79 Å². The number of hydrogen-bond acceptors (Lipinski definition) is 4. The number of carbonyl (C=O) groups is 2. The van der Waals surface area contributed by atoms with Gasteiger partial charge in [0.2, 0.25) is 0 Å². The summed E-state index contributed by atoms with van der Waals surface area (Å²) < 4.78 is 4.91. The van der Waals surface area contributed by atoms with Crippen LogP contribution in [0.25, 0.3) is 0 Å². The van der Waals surface area contributed by atoms with Gasteiger partial charge in [0.15, 0.2) is 6.61 Å². The zero-order valence-electron chi connectivity index (χ0n) is 12.1. The fourth-order valence-corrected chi connectivity index (χ4v) is 1.74. The van der Waals surface area contributed by atoms with Gasteiger partial charge < -0.3 is 10.1 Å². The average Bonchev–Trinajstić information content (AvgIpc) is 2.60. The maximum Gasteiger partial charge on any atom is 0.338 e. The van der Waals surface area contributed by atoms with Gasteiger partial charge in [0.1, 0.15) is 0 Å². The third-order valence-electron chi connectivity index (χ3n) is 2.92. The molecule has 0 saturated heterocycles. The molecule has 0 aromatic heterocycles. The number of esters is 1. The van der Waals surface area contributed by atoms with Crippen molar-refractivity contribution in [3.63, 3.8) is 0 Å². The molecule has 0 spiro atoms. The Hall–Kier alpha value is -3.57. The first-order chi connectivity index (χ1) is 11.1. The first kappa shape index (κ1) is 15.8. The van der Waals surface area contributed by atoms with Crippen LogP contribution >= 0.6 is 0 Å². The van der Waals surface area contributed by atoms with E-state index in [2.05, 4.69) is 11.2 Å². The van der Waals surface area contributed by atoms with Crippen molar-refractivity contribution < 1.29 is 14.3 Å². The largest absolute Gasteiger partial charge is 0.452 e. The third kappa shape index (κ3) is 4.45. The van der Waals surface area contributed by atoms with Gasteiger partial charge in [-0.05, 0) is 48.5 Å². The van der Waals surface area contributed by atoms with Crippen LogP contribution in [0, 0.1) is 23.7 Å².